The van der Waals surface area contributed by atoms with E-state index in [1.54, 1.807) is 31.7 Å². The molecule has 8 heteroatoms. The van der Waals surface area contributed by atoms with Gasteiger partial charge in [-0.15, -0.1) is 13.2 Å². The van der Waals surface area contributed by atoms with E-state index in [4.69, 9.17) is 4.74 Å². The predicted octanol–water partition coefficient (Wildman–Crippen LogP) is 3.39. The molecule has 0 aromatic heterocycles. The Morgan fingerprint density at radius 2 is 1.79 bits per heavy atom. The quantitative estimate of drug-likeness (QED) is 0.771. The number of amides is 1. The molecule has 24 heavy (non-hydrogen) atoms. The van der Waals surface area contributed by atoms with Gasteiger partial charge in [0.2, 0.25) is 0 Å². The first-order chi connectivity index (χ1) is 11.0. The van der Waals surface area contributed by atoms with Crippen molar-refractivity contribution in [1.29, 1.82) is 0 Å². The zero-order valence-electron chi connectivity index (χ0n) is 13.6. The van der Waals surface area contributed by atoms with Crippen LogP contribution in [0.4, 0.5) is 23.7 Å². The summed E-state index contributed by atoms with van der Waals surface area (Å²) in [6.45, 7) is 6.42. The summed E-state index contributed by atoms with van der Waals surface area (Å²) in [6, 6.07) is 6.11. The highest BCUT2D eigenvalue weighted by Gasteiger charge is 2.55. The third-order valence-corrected chi connectivity index (χ3v) is 3.88. The maximum atomic E-state index is 12.3. The van der Waals surface area contributed by atoms with E-state index in [0.29, 0.717) is 18.8 Å². The summed E-state index contributed by atoms with van der Waals surface area (Å²) >= 11 is 0. The van der Waals surface area contributed by atoms with Gasteiger partial charge in [0, 0.05) is 24.8 Å². The van der Waals surface area contributed by atoms with Gasteiger partial charge in [-0.25, -0.2) is 4.79 Å². The molecule has 0 N–H and O–H groups in total. The SMILES string of the molecule is CC(C)(C)OC(=O)N1C[C@@H]2[C@H](C1)N2c1cccc(OC(F)(F)F)c1. The summed E-state index contributed by atoms with van der Waals surface area (Å²) < 4.78 is 46.2. The first kappa shape index (κ1) is 16.7. The Kier molecular flexibility index (Phi) is 3.80. The van der Waals surface area contributed by atoms with Crippen molar-refractivity contribution in [2.45, 2.75) is 44.8 Å². The van der Waals surface area contributed by atoms with Crippen molar-refractivity contribution >= 4 is 11.8 Å². The Balaban J connectivity index is 1.60. The van der Waals surface area contributed by atoms with E-state index in [-0.39, 0.29) is 23.9 Å². The largest absolute Gasteiger partial charge is 0.573 e. The number of piperazine rings is 1. The number of benzene rings is 1. The predicted molar refractivity (Wildman–Crippen MR) is 81.0 cm³/mol. The Morgan fingerprint density at radius 1 is 1.17 bits per heavy atom. The number of anilines is 1. The lowest BCUT2D eigenvalue weighted by Gasteiger charge is -2.26. The molecule has 2 saturated heterocycles. The van der Waals surface area contributed by atoms with E-state index < -0.39 is 12.0 Å². The number of fused-ring (bicyclic) bond motifs is 1. The van der Waals surface area contributed by atoms with Crippen LogP contribution in [-0.2, 0) is 4.74 Å². The van der Waals surface area contributed by atoms with E-state index in [9.17, 15) is 18.0 Å². The van der Waals surface area contributed by atoms with Crippen molar-refractivity contribution in [3.63, 3.8) is 0 Å². The average molecular weight is 344 g/mol. The van der Waals surface area contributed by atoms with E-state index in [1.807, 2.05) is 4.90 Å². The minimum absolute atomic E-state index is 0.110. The van der Waals surface area contributed by atoms with Gasteiger partial charge in [0.05, 0.1) is 12.1 Å². The van der Waals surface area contributed by atoms with Crippen LogP contribution in [0.3, 0.4) is 0 Å². The number of hydrogen-bond donors (Lipinski definition) is 0. The number of halogens is 3. The maximum Gasteiger partial charge on any atom is 0.573 e. The topological polar surface area (TPSA) is 41.8 Å². The number of carbonyl (C=O) groups excluding carboxylic acids is 1. The number of carbonyl (C=O) groups is 1. The zero-order valence-corrected chi connectivity index (χ0v) is 13.6. The smallest absolute Gasteiger partial charge is 0.444 e. The van der Waals surface area contributed by atoms with Gasteiger partial charge in [-0.2, -0.15) is 0 Å². The van der Waals surface area contributed by atoms with Crippen LogP contribution in [0.1, 0.15) is 20.8 Å². The Labute approximate surface area is 137 Å². The molecule has 1 aromatic carbocycles. The van der Waals surface area contributed by atoms with E-state index >= 15 is 0 Å². The van der Waals surface area contributed by atoms with E-state index in [1.165, 1.54) is 18.2 Å². The lowest BCUT2D eigenvalue weighted by Crippen LogP contribution is -2.39. The van der Waals surface area contributed by atoms with Crippen LogP contribution < -0.4 is 9.64 Å². The molecule has 0 radical (unpaired) electrons. The van der Waals surface area contributed by atoms with Crippen molar-refractivity contribution in [3.05, 3.63) is 24.3 Å². The lowest BCUT2D eigenvalue weighted by atomic mass is 10.2. The van der Waals surface area contributed by atoms with Crippen molar-refractivity contribution in [2.75, 3.05) is 18.0 Å². The van der Waals surface area contributed by atoms with Crippen molar-refractivity contribution in [2.24, 2.45) is 0 Å². The standard InChI is InChI=1S/C16H19F3N2O3/c1-15(2,3)24-14(22)20-8-12-13(9-20)21(12)10-5-4-6-11(7-10)23-16(17,18)19/h4-7,12-13H,8-9H2,1-3H3/t12-,13+,21?. The number of ether oxygens (including phenoxy) is 2. The van der Waals surface area contributed by atoms with E-state index in [0.717, 1.165) is 0 Å². The third kappa shape index (κ3) is 3.68. The molecule has 1 aromatic rings. The number of alkyl halides is 3. The summed E-state index contributed by atoms with van der Waals surface area (Å²) in [5.74, 6) is -0.242. The van der Waals surface area contributed by atoms with Gasteiger partial charge >= 0.3 is 12.5 Å². The van der Waals surface area contributed by atoms with Gasteiger partial charge in [0.25, 0.3) is 0 Å². The molecule has 1 amide bonds. The van der Waals surface area contributed by atoms with Crippen molar-refractivity contribution in [1.82, 2.24) is 4.90 Å². The fourth-order valence-corrected chi connectivity index (χ4v) is 2.98. The monoisotopic (exact) mass is 344 g/mol. The molecule has 2 aliphatic heterocycles. The van der Waals surface area contributed by atoms with Crippen LogP contribution in [0.15, 0.2) is 24.3 Å². The number of hydrogen-bond acceptors (Lipinski definition) is 4. The summed E-state index contributed by atoms with van der Waals surface area (Å²) in [6.07, 6.45) is -5.07. The van der Waals surface area contributed by atoms with Crippen LogP contribution in [0.5, 0.6) is 5.75 Å². The fourth-order valence-electron chi connectivity index (χ4n) is 2.98. The second kappa shape index (κ2) is 5.46. The molecular formula is C16H19F3N2O3. The molecule has 0 unspecified atom stereocenters. The first-order valence-electron chi connectivity index (χ1n) is 7.65. The number of rotatable bonds is 2. The molecular weight excluding hydrogens is 325 g/mol. The average Bonchev–Trinajstić information content (AvgIpc) is 2.89. The normalized spacial score (nSPS) is 23.1. The molecule has 132 valence electrons. The summed E-state index contributed by atoms with van der Waals surface area (Å²) in [4.78, 5) is 15.6. The van der Waals surface area contributed by atoms with Gasteiger partial charge in [-0.3, -0.25) is 0 Å². The molecule has 0 bridgehead atoms. The summed E-state index contributed by atoms with van der Waals surface area (Å²) in [7, 11) is 0. The third-order valence-electron chi connectivity index (χ3n) is 3.88. The molecule has 2 heterocycles. The number of likely N-dealkylation sites (tertiary alicyclic amines) is 1. The van der Waals surface area contributed by atoms with Crippen LogP contribution >= 0.6 is 0 Å². The highest BCUT2D eigenvalue weighted by atomic mass is 19.4. The van der Waals surface area contributed by atoms with Crippen molar-refractivity contribution < 1.29 is 27.4 Å². The molecule has 5 nitrogen and oxygen atoms in total. The van der Waals surface area contributed by atoms with Crippen molar-refractivity contribution in [3.8, 4) is 5.75 Å². The second-order valence-corrected chi connectivity index (χ2v) is 6.97. The minimum atomic E-state index is -4.71. The summed E-state index contributed by atoms with van der Waals surface area (Å²) in [5, 5.41) is 0. The Hall–Kier alpha value is -2.12. The van der Waals surface area contributed by atoms with Crippen LogP contribution in [0.2, 0.25) is 0 Å². The molecule has 2 fully saturated rings. The highest BCUT2D eigenvalue weighted by molar-refractivity contribution is 5.71. The molecule has 2 aliphatic rings. The van der Waals surface area contributed by atoms with Gasteiger partial charge in [0.15, 0.2) is 0 Å². The molecule has 0 saturated carbocycles. The molecule has 2 atom stereocenters. The number of nitrogens with zero attached hydrogens (tertiary/aromatic N) is 2. The Bertz CT molecular complexity index is 630. The van der Waals surface area contributed by atoms with Gasteiger partial charge in [0.1, 0.15) is 11.4 Å². The van der Waals surface area contributed by atoms with Gasteiger partial charge < -0.3 is 19.3 Å². The van der Waals surface area contributed by atoms with E-state index in [2.05, 4.69) is 4.74 Å². The van der Waals surface area contributed by atoms with Crippen LogP contribution in [-0.4, -0.2) is 48.1 Å². The molecule has 3 rings (SSSR count). The molecule has 0 aliphatic carbocycles. The summed E-state index contributed by atoms with van der Waals surface area (Å²) in [5.41, 5.74) is 0.114. The minimum Gasteiger partial charge on any atom is -0.444 e. The Morgan fingerprint density at radius 3 is 2.33 bits per heavy atom. The maximum absolute atomic E-state index is 12.3. The van der Waals surface area contributed by atoms with Crippen LogP contribution in [0.25, 0.3) is 0 Å². The lowest BCUT2D eigenvalue weighted by molar-refractivity contribution is -0.274. The highest BCUT2D eigenvalue weighted by Crippen LogP contribution is 2.42. The zero-order chi connectivity index (χ0) is 17.7. The molecule has 0 spiro atoms. The fraction of sp³-hybridized carbons (Fsp3) is 0.562. The van der Waals surface area contributed by atoms with Crippen LogP contribution in [0, 0.1) is 0 Å². The van der Waals surface area contributed by atoms with Gasteiger partial charge in [-0.05, 0) is 32.9 Å². The first-order valence-corrected chi connectivity index (χ1v) is 7.65. The second-order valence-electron chi connectivity index (χ2n) is 6.97. The van der Waals surface area contributed by atoms with Gasteiger partial charge in [-0.1, -0.05) is 6.07 Å².